The number of carbonyl (C=O) groups is 2. The number of hydrogen-bond donors (Lipinski definition) is 2. The summed E-state index contributed by atoms with van der Waals surface area (Å²) in [7, 11) is 0. The fourth-order valence-electron chi connectivity index (χ4n) is 3.25. The van der Waals surface area contributed by atoms with E-state index in [1.165, 1.54) is 0 Å². The molecule has 1 saturated carbocycles. The zero-order chi connectivity index (χ0) is 17.3. The largest absolute Gasteiger partial charge is 0.481 e. The molecule has 1 aromatic carbocycles. The molecule has 2 atom stereocenters. The molecule has 1 aliphatic heterocycles. The second-order valence-electron chi connectivity index (χ2n) is 6.52. The van der Waals surface area contributed by atoms with Crippen molar-refractivity contribution in [3.05, 3.63) is 33.8 Å². The number of benzene rings is 1. The van der Waals surface area contributed by atoms with Crippen molar-refractivity contribution in [2.24, 2.45) is 11.8 Å². The molecule has 3 rings (SSSR count). The Kier molecular flexibility index (Phi) is 5.21. The molecule has 2 aliphatic rings. The number of urea groups is 1. The van der Waals surface area contributed by atoms with Crippen LogP contribution in [0.15, 0.2) is 18.2 Å². The molecule has 1 saturated heterocycles. The maximum atomic E-state index is 12.6. The molecular formula is C17H20Cl2N2O3. The van der Waals surface area contributed by atoms with Gasteiger partial charge in [-0.25, -0.2) is 4.79 Å². The Bertz CT molecular complexity index is 628. The average Bonchev–Trinajstić information content (AvgIpc) is 3.38. The Morgan fingerprint density at radius 3 is 2.46 bits per heavy atom. The van der Waals surface area contributed by atoms with Gasteiger partial charge in [0.15, 0.2) is 0 Å². The lowest BCUT2D eigenvalue weighted by atomic mass is 9.98. The van der Waals surface area contributed by atoms with Crippen LogP contribution in [-0.4, -0.2) is 35.1 Å². The fraction of sp³-hybridized carbons (Fsp3) is 0.529. The zero-order valence-electron chi connectivity index (χ0n) is 13.2. The minimum atomic E-state index is -0.847. The average molecular weight is 371 g/mol. The van der Waals surface area contributed by atoms with Crippen LogP contribution in [0.5, 0.6) is 0 Å². The summed E-state index contributed by atoms with van der Waals surface area (Å²) < 4.78 is 0. The summed E-state index contributed by atoms with van der Waals surface area (Å²) in [6.45, 7) is 0.818. The van der Waals surface area contributed by atoms with Gasteiger partial charge in [-0.2, -0.15) is 0 Å². The Hall–Kier alpha value is -1.46. The van der Waals surface area contributed by atoms with Crippen LogP contribution < -0.4 is 5.32 Å². The molecule has 1 aliphatic carbocycles. The van der Waals surface area contributed by atoms with Crippen LogP contribution in [0.3, 0.4) is 0 Å². The third kappa shape index (κ3) is 3.78. The highest BCUT2D eigenvalue weighted by Gasteiger charge is 2.37. The molecule has 2 N–H and O–H groups in total. The van der Waals surface area contributed by atoms with Crippen LogP contribution >= 0.6 is 23.2 Å². The van der Waals surface area contributed by atoms with Gasteiger partial charge in [0, 0.05) is 28.7 Å². The van der Waals surface area contributed by atoms with Gasteiger partial charge in [0.05, 0.1) is 12.0 Å². The minimum absolute atomic E-state index is 0.232. The first kappa shape index (κ1) is 17.4. The maximum absolute atomic E-state index is 12.6. The second kappa shape index (κ2) is 7.19. The molecular weight excluding hydrogens is 351 g/mol. The van der Waals surface area contributed by atoms with E-state index in [-0.39, 0.29) is 18.6 Å². The van der Waals surface area contributed by atoms with Crippen molar-refractivity contribution in [2.75, 3.05) is 13.1 Å². The van der Waals surface area contributed by atoms with E-state index in [1.54, 1.807) is 23.1 Å². The van der Waals surface area contributed by atoms with Crippen molar-refractivity contribution >= 4 is 35.2 Å². The van der Waals surface area contributed by atoms with Crippen molar-refractivity contribution in [1.29, 1.82) is 0 Å². The van der Waals surface area contributed by atoms with Crippen LogP contribution in [0.4, 0.5) is 4.79 Å². The van der Waals surface area contributed by atoms with Crippen LogP contribution in [0.1, 0.15) is 37.3 Å². The number of aliphatic carboxylic acids is 1. The SMILES string of the molecule is O=C(O)C1CCCN(C(=O)NC(c2c(Cl)cccc2Cl)C2CC2)C1. The Morgan fingerprint density at radius 1 is 1.21 bits per heavy atom. The molecule has 2 fully saturated rings. The Labute approximate surface area is 150 Å². The molecule has 7 heteroatoms. The number of carboxylic acid groups (broad SMARTS) is 1. The number of halogens is 2. The molecule has 1 heterocycles. The number of nitrogens with one attached hydrogen (secondary N) is 1. The minimum Gasteiger partial charge on any atom is -0.481 e. The summed E-state index contributed by atoms with van der Waals surface area (Å²) in [4.78, 5) is 25.4. The molecule has 2 amide bonds. The lowest BCUT2D eigenvalue weighted by molar-refractivity contribution is -0.143. The van der Waals surface area contributed by atoms with E-state index in [2.05, 4.69) is 5.32 Å². The van der Waals surface area contributed by atoms with Crippen molar-refractivity contribution in [1.82, 2.24) is 10.2 Å². The summed E-state index contributed by atoms with van der Waals surface area (Å²) in [5, 5.41) is 13.3. The lowest BCUT2D eigenvalue weighted by Gasteiger charge is -2.32. The number of nitrogens with zero attached hydrogens (tertiary/aromatic N) is 1. The number of hydrogen-bond acceptors (Lipinski definition) is 2. The summed E-state index contributed by atoms with van der Waals surface area (Å²) in [6.07, 6.45) is 3.35. The van der Waals surface area contributed by atoms with E-state index in [0.717, 1.165) is 18.4 Å². The molecule has 2 unspecified atom stereocenters. The van der Waals surface area contributed by atoms with Gasteiger partial charge < -0.3 is 15.3 Å². The van der Waals surface area contributed by atoms with Gasteiger partial charge in [0.2, 0.25) is 0 Å². The predicted molar refractivity (Wildman–Crippen MR) is 92.4 cm³/mol. The van der Waals surface area contributed by atoms with Crippen LogP contribution in [0.2, 0.25) is 10.0 Å². The standard InChI is InChI=1S/C17H20Cl2N2O3/c18-12-4-1-5-13(19)14(12)15(10-6-7-10)20-17(24)21-8-2-3-11(9-21)16(22)23/h1,4-5,10-11,15H,2-3,6-9H2,(H,20,24)(H,22,23). The van der Waals surface area contributed by atoms with E-state index in [9.17, 15) is 14.7 Å². The summed E-state index contributed by atoms with van der Waals surface area (Å²) in [5.41, 5.74) is 0.753. The summed E-state index contributed by atoms with van der Waals surface area (Å²) >= 11 is 12.6. The van der Waals surface area contributed by atoms with Crippen LogP contribution in [0.25, 0.3) is 0 Å². The van der Waals surface area contributed by atoms with E-state index in [0.29, 0.717) is 35.3 Å². The number of carbonyl (C=O) groups excluding carboxylic acids is 1. The highest BCUT2D eigenvalue weighted by atomic mass is 35.5. The number of carboxylic acids is 1. The first-order chi connectivity index (χ1) is 11.5. The second-order valence-corrected chi connectivity index (χ2v) is 7.34. The lowest BCUT2D eigenvalue weighted by Crippen LogP contribution is -2.48. The van der Waals surface area contributed by atoms with Crippen molar-refractivity contribution in [3.63, 3.8) is 0 Å². The summed E-state index contributed by atoms with van der Waals surface area (Å²) in [6, 6.07) is 4.84. The van der Waals surface area contributed by atoms with Gasteiger partial charge in [-0.05, 0) is 43.7 Å². The van der Waals surface area contributed by atoms with E-state index < -0.39 is 11.9 Å². The van der Waals surface area contributed by atoms with Crippen LogP contribution in [-0.2, 0) is 4.79 Å². The van der Waals surface area contributed by atoms with Crippen molar-refractivity contribution in [2.45, 2.75) is 31.7 Å². The first-order valence-electron chi connectivity index (χ1n) is 8.19. The number of piperidine rings is 1. The third-order valence-electron chi connectivity index (χ3n) is 4.74. The molecule has 0 radical (unpaired) electrons. The predicted octanol–water partition coefficient (Wildman–Crippen LogP) is 3.95. The molecule has 1 aromatic rings. The Balaban J connectivity index is 1.74. The van der Waals surface area contributed by atoms with Crippen molar-refractivity contribution in [3.8, 4) is 0 Å². The normalized spacial score (nSPS) is 22.1. The molecule has 5 nitrogen and oxygen atoms in total. The molecule has 0 bridgehead atoms. The molecule has 130 valence electrons. The number of amides is 2. The smallest absolute Gasteiger partial charge is 0.317 e. The first-order valence-corrected chi connectivity index (χ1v) is 8.95. The van der Waals surface area contributed by atoms with E-state index >= 15 is 0 Å². The van der Waals surface area contributed by atoms with Gasteiger partial charge in [0.25, 0.3) is 0 Å². The van der Waals surface area contributed by atoms with Crippen molar-refractivity contribution < 1.29 is 14.7 Å². The summed E-state index contributed by atoms with van der Waals surface area (Å²) in [5.74, 6) is -1.01. The number of rotatable bonds is 4. The van der Waals surface area contributed by atoms with E-state index in [4.69, 9.17) is 23.2 Å². The molecule has 24 heavy (non-hydrogen) atoms. The highest BCUT2D eigenvalue weighted by molar-refractivity contribution is 6.36. The van der Waals surface area contributed by atoms with Gasteiger partial charge in [0.1, 0.15) is 0 Å². The fourth-order valence-corrected chi connectivity index (χ4v) is 3.88. The quantitative estimate of drug-likeness (QED) is 0.842. The van der Waals surface area contributed by atoms with Gasteiger partial charge in [-0.15, -0.1) is 0 Å². The van der Waals surface area contributed by atoms with Crippen LogP contribution in [0, 0.1) is 11.8 Å². The topological polar surface area (TPSA) is 69.6 Å². The van der Waals surface area contributed by atoms with Gasteiger partial charge >= 0.3 is 12.0 Å². The van der Waals surface area contributed by atoms with Gasteiger partial charge in [-0.1, -0.05) is 29.3 Å². The highest BCUT2D eigenvalue weighted by Crippen LogP contribution is 2.45. The van der Waals surface area contributed by atoms with Gasteiger partial charge in [-0.3, -0.25) is 4.79 Å². The Morgan fingerprint density at radius 2 is 1.88 bits per heavy atom. The molecule has 0 aromatic heterocycles. The molecule has 0 spiro atoms. The number of likely N-dealkylation sites (tertiary alicyclic amines) is 1. The third-order valence-corrected chi connectivity index (χ3v) is 5.40. The zero-order valence-corrected chi connectivity index (χ0v) is 14.7. The monoisotopic (exact) mass is 370 g/mol. The van der Waals surface area contributed by atoms with E-state index in [1.807, 2.05) is 0 Å². The maximum Gasteiger partial charge on any atom is 0.317 e.